The van der Waals surface area contributed by atoms with E-state index in [4.69, 9.17) is 13.8 Å². The Morgan fingerprint density at radius 2 is 0.919 bits per heavy atom. The highest BCUT2D eigenvalue weighted by Crippen LogP contribution is 2.73. The monoisotopic (exact) mass is 814 g/mol. The molecule has 0 atom stereocenters. The standard InChI is InChI=1S/C57H38N2O2S/c1-5-16-40(17-6-1)57-58-52-35-30-39-28-29-41-36-43(31-33-49(41)55(39)56(52)61-57)59(44-32-34-51-50-26-13-14-27-53(50)60-54(51)38-44)42-18-15-25-48(37-42)62(45-19-7-2-8-20-45,46-21-9-3-10-22-46)47-23-11-4-12-24-47/h1-38H. The van der Waals surface area contributed by atoms with Crippen molar-refractivity contribution in [3.8, 4) is 11.5 Å². The third-order valence-electron chi connectivity index (χ3n) is 12.0. The number of nitrogens with zero attached hydrogens (tertiary/aromatic N) is 2. The zero-order valence-corrected chi connectivity index (χ0v) is 34.4. The van der Waals surface area contributed by atoms with Crippen LogP contribution in [0.2, 0.25) is 0 Å². The third kappa shape index (κ3) is 5.81. The van der Waals surface area contributed by atoms with Gasteiger partial charge in [-0.1, -0.05) is 121 Å². The van der Waals surface area contributed by atoms with E-state index in [1.54, 1.807) is 0 Å². The van der Waals surface area contributed by atoms with E-state index in [1.165, 1.54) is 19.6 Å². The van der Waals surface area contributed by atoms with Crippen LogP contribution in [0.5, 0.6) is 0 Å². The summed E-state index contributed by atoms with van der Waals surface area (Å²) < 4.78 is 13.1. The molecule has 0 aliphatic rings. The van der Waals surface area contributed by atoms with Gasteiger partial charge in [0, 0.05) is 64.4 Å². The van der Waals surface area contributed by atoms with Crippen molar-refractivity contribution < 1.29 is 8.83 Å². The minimum atomic E-state index is -1.94. The molecule has 4 nitrogen and oxygen atoms in total. The Kier molecular flexibility index (Phi) is 8.54. The fourth-order valence-corrected chi connectivity index (χ4v) is 13.1. The van der Waals surface area contributed by atoms with E-state index in [0.717, 1.165) is 77.2 Å². The molecule has 0 saturated heterocycles. The van der Waals surface area contributed by atoms with E-state index in [9.17, 15) is 0 Å². The van der Waals surface area contributed by atoms with Gasteiger partial charge in [0.05, 0.1) is 0 Å². The fraction of sp³-hybridized carbons (Fsp3) is 0. The number of fused-ring (bicyclic) bond motifs is 8. The van der Waals surface area contributed by atoms with Crippen LogP contribution in [0.25, 0.3) is 66.0 Å². The summed E-state index contributed by atoms with van der Waals surface area (Å²) in [6, 6.07) is 82.5. The van der Waals surface area contributed by atoms with Gasteiger partial charge in [-0.2, -0.15) is 0 Å². The van der Waals surface area contributed by atoms with Crippen LogP contribution in [0.15, 0.2) is 259 Å². The second-order valence-electron chi connectivity index (χ2n) is 15.5. The summed E-state index contributed by atoms with van der Waals surface area (Å²) in [6.07, 6.45) is 0. The van der Waals surface area contributed by atoms with Gasteiger partial charge in [0.15, 0.2) is 5.58 Å². The van der Waals surface area contributed by atoms with Gasteiger partial charge in [0.1, 0.15) is 16.7 Å². The third-order valence-corrected chi connectivity index (χ3v) is 15.9. The molecular weight excluding hydrogens is 777 g/mol. The average Bonchev–Trinajstić information content (AvgIpc) is 3.95. The molecule has 0 fully saturated rings. The highest BCUT2D eigenvalue weighted by molar-refractivity contribution is 8.34. The summed E-state index contributed by atoms with van der Waals surface area (Å²) in [7, 11) is -1.94. The smallest absolute Gasteiger partial charge is 0.227 e. The van der Waals surface area contributed by atoms with E-state index in [1.807, 2.05) is 42.5 Å². The zero-order chi connectivity index (χ0) is 41.0. The van der Waals surface area contributed by atoms with Gasteiger partial charge in [-0.05, 0) is 119 Å². The Morgan fingerprint density at radius 3 is 1.63 bits per heavy atom. The molecule has 12 aromatic rings. The quantitative estimate of drug-likeness (QED) is 0.143. The van der Waals surface area contributed by atoms with Crippen molar-refractivity contribution in [2.75, 3.05) is 4.90 Å². The molecule has 5 heteroatoms. The van der Waals surface area contributed by atoms with Crippen LogP contribution in [0.1, 0.15) is 0 Å². The normalized spacial score (nSPS) is 12.1. The Balaban J connectivity index is 1.09. The van der Waals surface area contributed by atoms with Gasteiger partial charge in [-0.25, -0.2) is 4.98 Å². The highest BCUT2D eigenvalue weighted by atomic mass is 32.3. The van der Waals surface area contributed by atoms with Gasteiger partial charge in [-0.15, -0.1) is 10.0 Å². The number of hydrogen-bond donors (Lipinski definition) is 0. The molecular formula is C57H38N2O2S. The Bertz CT molecular complexity index is 3490. The molecule has 0 radical (unpaired) electrons. The number of benzene rings is 10. The van der Waals surface area contributed by atoms with Crippen LogP contribution >= 0.6 is 10.0 Å². The number of hydrogen-bond acceptors (Lipinski definition) is 4. The number of oxazole rings is 1. The SMILES string of the molecule is c1ccc(-c2nc3ccc4ccc5cc(N(c6cccc(S(c7ccccc7)(c7ccccc7)c7ccccc7)c6)c6ccc7c(c6)oc6ccccc67)ccc5c4c3o2)cc1. The lowest BCUT2D eigenvalue weighted by Crippen LogP contribution is -2.11. The lowest BCUT2D eigenvalue weighted by Gasteiger charge is -2.42. The topological polar surface area (TPSA) is 42.4 Å². The Hall–Kier alpha value is -7.86. The van der Waals surface area contributed by atoms with Crippen LogP contribution in [0.3, 0.4) is 0 Å². The number of rotatable bonds is 8. The van der Waals surface area contributed by atoms with E-state index in [2.05, 4.69) is 193 Å². The number of anilines is 3. The van der Waals surface area contributed by atoms with Gasteiger partial charge < -0.3 is 13.7 Å². The Morgan fingerprint density at radius 1 is 0.371 bits per heavy atom. The van der Waals surface area contributed by atoms with Crippen molar-refractivity contribution in [2.24, 2.45) is 0 Å². The Labute approximate surface area is 360 Å². The van der Waals surface area contributed by atoms with Gasteiger partial charge in [0.25, 0.3) is 0 Å². The molecule has 0 aliphatic carbocycles. The predicted molar refractivity (Wildman–Crippen MR) is 256 cm³/mol. The van der Waals surface area contributed by atoms with Crippen molar-refractivity contribution in [1.29, 1.82) is 0 Å². The lowest BCUT2D eigenvalue weighted by molar-refractivity contribution is 0.623. The van der Waals surface area contributed by atoms with Crippen molar-refractivity contribution in [3.05, 3.63) is 231 Å². The first-order valence-electron chi connectivity index (χ1n) is 20.8. The van der Waals surface area contributed by atoms with Gasteiger partial charge >= 0.3 is 0 Å². The van der Waals surface area contributed by atoms with Crippen molar-refractivity contribution in [1.82, 2.24) is 4.98 Å². The summed E-state index contributed by atoms with van der Waals surface area (Å²) in [4.78, 5) is 12.3. The first-order valence-corrected chi connectivity index (χ1v) is 22.5. The summed E-state index contributed by atoms with van der Waals surface area (Å²) in [5.74, 6) is 0.619. The maximum Gasteiger partial charge on any atom is 0.227 e. The number of aromatic nitrogens is 1. The van der Waals surface area contributed by atoms with Crippen LogP contribution < -0.4 is 4.90 Å². The van der Waals surface area contributed by atoms with E-state index >= 15 is 0 Å². The van der Waals surface area contributed by atoms with E-state index in [-0.39, 0.29) is 0 Å². The molecule has 62 heavy (non-hydrogen) atoms. The van der Waals surface area contributed by atoms with Crippen molar-refractivity contribution in [2.45, 2.75) is 19.6 Å². The summed E-state index contributed by atoms with van der Waals surface area (Å²) in [5, 5.41) is 6.57. The van der Waals surface area contributed by atoms with Crippen LogP contribution in [-0.2, 0) is 0 Å². The minimum Gasteiger partial charge on any atom is -0.456 e. The molecule has 10 aromatic carbocycles. The lowest BCUT2D eigenvalue weighted by atomic mass is 10.00. The summed E-state index contributed by atoms with van der Waals surface area (Å²) in [5.41, 5.74) is 7.38. The fourth-order valence-electron chi connectivity index (χ4n) is 9.17. The molecule has 0 spiro atoms. The van der Waals surface area contributed by atoms with Gasteiger partial charge in [-0.3, -0.25) is 0 Å². The molecule has 0 N–H and O–H groups in total. The molecule has 0 aliphatic heterocycles. The molecule has 2 heterocycles. The second kappa shape index (κ2) is 14.7. The summed E-state index contributed by atoms with van der Waals surface area (Å²) in [6.45, 7) is 0. The predicted octanol–water partition coefficient (Wildman–Crippen LogP) is 16.5. The second-order valence-corrected chi connectivity index (χ2v) is 18.6. The van der Waals surface area contributed by atoms with Gasteiger partial charge in [0.2, 0.25) is 5.89 Å². The van der Waals surface area contributed by atoms with Crippen molar-refractivity contribution in [3.63, 3.8) is 0 Å². The molecule has 0 bridgehead atoms. The summed E-state index contributed by atoms with van der Waals surface area (Å²) >= 11 is 0. The molecule has 0 saturated carbocycles. The first kappa shape index (κ1) is 36.0. The highest BCUT2D eigenvalue weighted by Gasteiger charge is 2.34. The van der Waals surface area contributed by atoms with Crippen LogP contribution in [0, 0.1) is 0 Å². The van der Waals surface area contributed by atoms with E-state index in [0.29, 0.717) is 5.89 Å². The number of furan rings is 1. The molecule has 0 amide bonds. The first-order chi connectivity index (χ1) is 30.7. The van der Waals surface area contributed by atoms with Crippen LogP contribution in [0.4, 0.5) is 17.1 Å². The van der Waals surface area contributed by atoms with Crippen molar-refractivity contribution >= 4 is 81.7 Å². The number of para-hydroxylation sites is 1. The molecule has 12 rings (SSSR count). The maximum atomic E-state index is 6.58. The minimum absolute atomic E-state index is 0.619. The molecule has 0 unspecified atom stereocenters. The van der Waals surface area contributed by atoms with E-state index < -0.39 is 10.0 Å². The van der Waals surface area contributed by atoms with Crippen LogP contribution in [-0.4, -0.2) is 4.98 Å². The zero-order valence-electron chi connectivity index (χ0n) is 33.6. The molecule has 2 aromatic heterocycles. The largest absolute Gasteiger partial charge is 0.456 e. The average molecular weight is 815 g/mol. The molecule has 294 valence electrons. The maximum absolute atomic E-state index is 6.58.